The molecule has 0 radical (unpaired) electrons. The number of halogens is 1. The maximum atomic E-state index is 15.3. The first kappa shape index (κ1) is 40.1. The van der Waals surface area contributed by atoms with Gasteiger partial charge >= 0.3 is 0 Å². The minimum Gasteiger partial charge on any atom is -0.497 e. The molecule has 0 aliphatic carbocycles. The third-order valence-corrected chi connectivity index (χ3v) is 17.5. The van der Waals surface area contributed by atoms with Crippen LogP contribution in [0, 0.1) is 5.92 Å². The molecule has 1 unspecified atom stereocenters. The number of carbonyl (C=O) groups is 2. The van der Waals surface area contributed by atoms with Crippen LogP contribution in [0.3, 0.4) is 0 Å². The van der Waals surface area contributed by atoms with Gasteiger partial charge in [0.05, 0.1) is 57.8 Å². The molecule has 3 aliphatic heterocycles. The predicted octanol–water partition coefficient (Wildman–Crippen LogP) is 6.72. The zero-order valence-electron chi connectivity index (χ0n) is 33.4. The first-order valence-electron chi connectivity index (χ1n) is 20.2. The van der Waals surface area contributed by atoms with E-state index in [9.17, 15) is 9.90 Å². The molecule has 5 aromatic rings. The highest BCUT2D eigenvalue weighted by Gasteiger charge is 2.66. The Kier molecular flexibility index (Phi) is 11.4. The van der Waals surface area contributed by atoms with Crippen molar-refractivity contribution < 1.29 is 24.2 Å². The average molecular weight is 864 g/mol. The summed E-state index contributed by atoms with van der Waals surface area (Å²) in [4.78, 5) is 29.9. The van der Waals surface area contributed by atoms with Gasteiger partial charge in [-0.2, -0.15) is 0 Å². The minimum atomic E-state index is -2.37. The molecule has 11 nitrogen and oxygen atoms in total. The van der Waals surface area contributed by atoms with Crippen LogP contribution in [0.25, 0.3) is 0 Å². The zero-order valence-corrected chi connectivity index (χ0v) is 36.0. The molecule has 2 amide bonds. The van der Waals surface area contributed by atoms with E-state index in [1.54, 1.807) is 7.11 Å². The van der Waals surface area contributed by atoms with E-state index in [1.807, 2.05) is 94.6 Å². The van der Waals surface area contributed by atoms with E-state index in [4.69, 9.17) is 9.47 Å². The smallest absolute Gasteiger partial charge is 0.264 e. The van der Waals surface area contributed by atoms with Gasteiger partial charge in [-0.1, -0.05) is 101 Å². The lowest BCUT2D eigenvalue weighted by Crippen LogP contribution is -2.51. The summed E-state index contributed by atoms with van der Waals surface area (Å²) in [7, 11) is -0.696. The van der Waals surface area contributed by atoms with Gasteiger partial charge < -0.3 is 30.1 Å². The van der Waals surface area contributed by atoms with Crippen LogP contribution in [0.4, 0.5) is 11.4 Å². The number of ether oxygens (including phenoxy) is 2. The fourth-order valence-electron chi connectivity index (χ4n) is 9.62. The number of benzene rings is 4. The highest BCUT2D eigenvalue weighted by atomic mass is 79.9. The Balaban J connectivity index is 1.10. The predicted molar refractivity (Wildman–Crippen MR) is 231 cm³/mol. The lowest BCUT2D eigenvalue weighted by molar-refractivity contribution is -0.146. The summed E-state index contributed by atoms with van der Waals surface area (Å²) < 4.78 is 15.6. The number of carbonyl (C=O) groups excluding carboxylic acids is 2. The van der Waals surface area contributed by atoms with E-state index in [2.05, 4.69) is 75.1 Å². The Labute approximate surface area is 349 Å². The molecule has 1 aromatic heterocycles. The second-order valence-corrected chi connectivity index (χ2v) is 22.0. The SMILES string of the molecule is COc1ccc([Si](C)(C)[C@@H]2[C@@H](CCn3cc(C(CO)c4ccccc4)nn3)O[C@]3(C(=O)N(Cc4ccc(NC(=O)[C@H]5CCCN5)cc4)c4ccc(Br)cc43)[C@H]2C)cc1. The summed E-state index contributed by atoms with van der Waals surface area (Å²) in [6.45, 7) is 8.62. The molecule has 0 bridgehead atoms. The molecule has 2 fully saturated rings. The number of aromatic nitrogens is 3. The lowest BCUT2D eigenvalue weighted by Gasteiger charge is -2.37. The van der Waals surface area contributed by atoms with Gasteiger partial charge in [0, 0.05) is 34.4 Å². The normalized spacial score (nSPS) is 23.3. The van der Waals surface area contributed by atoms with E-state index in [-0.39, 0.29) is 47.9 Å². The van der Waals surface area contributed by atoms with Gasteiger partial charge in [-0.05, 0) is 84.9 Å². The quantitative estimate of drug-likeness (QED) is 0.111. The van der Waals surface area contributed by atoms with Crippen molar-refractivity contribution in [2.45, 2.75) is 81.6 Å². The molecule has 3 aliphatic rings. The molecular weight excluding hydrogens is 813 g/mol. The summed E-state index contributed by atoms with van der Waals surface area (Å²) in [6.07, 6.45) is 4.08. The van der Waals surface area contributed by atoms with Crippen LogP contribution in [0.15, 0.2) is 108 Å². The Morgan fingerprint density at radius 3 is 2.53 bits per heavy atom. The van der Waals surface area contributed by atoms with Crippen molar-refractivity contribution in [1.82, 2.24) is 20.3 Å². The van der Waals surface area contributed by atoms with Crippen LogP contribution in [0.5, 0.6) is 5.75 Å². The van der Waals surface area contributed by atoms with Crippen molar-refractivity contribution in [3.05, 3.63) is 130 Å². The standard InChI is InChI=1S/C45H51BrN6O5Si/c1-29-42(58(3,4)35-19-17-34(56-2)18-20-35)41(22-24-51-27-39(49-50-51)36(28-53)31-9-6-5-7-10-31)57-45(29)37-25-32(46)14-21-40(37)52(44(45)55)26-30-12-15-33(16-13-30)48-43(54)38-11-8-23-47-38/h5-7,9-10,12-21,25,27,29,36,38,41-42,47,53H,8,11,22-24,26,28H2,1-4H3,(H,48,54)/t29-,36?,38+,41+,42-,45+/m0/s1. The molecule has 0 saturated carbocycles. The maximum absolute atomic E-state index is 15.3. The zero-order chi connectivity index (χ0) is 40.6. The lowest BCUT2D eigenvalue weighted by atomic mass is 9.82. The number of aryl methyl sites for hydroxylation is 1. The van der Waals surface area contributed by atoms with Crippen molar-refractivity contribution in [2.75, 3.05) is 30.5 Å². The summed E-state index contributed by atoms with van der Waals surface area (Å²) >= 11 is 3.73. The number of anilines is 2. The van der Waals surface area contributed by atoms with Gasteiger partial charge in [-0.3, -0.25) is 14.3 Å². The van der Waals surface area contributed by atoms with Crippen LogP contribution in [0.1, 0.15) is 54.5 Å². The third kappa shape index (κ3) is 7.43. The first-order valence-corrected chi connectivity index (χ1v) is 24.0. The summed E-state index contributed by atoms with van der Waals surface area (Å²) in [6, 6.07) is 31.9. The first-order chi connectivity index (χ1) is 28.0. The number of nitrogens with one attached hydrogen (secondary N) is 2. The van der Waals surface area contributed by atoms with Crippen molar-refractivity contribution in [2.24, 2.45) is 5.92 Å². The number of hydrogen-bond acceptors (Lipinski definition) is 8. The number of amides is 2. The van der Waals surface area contributed by atoms with Gasteiger partial charge in [0.1, 0.15) is 5.75 Å². The van der Waals surface area contributed by atoms with Crippen molar-refractivity contribution in [3.63, 3.8) is 0 Å². The monoisotopic (exact) mass is 862 g/mol. The summed E-state index contributed by atoms with van der Waals surface area (Å²) in [5, 5.41) is 26.8. The molecular formula is C45H51BrN6O5Si. The highest BCUT2D eigenvalue weighted by molar-refractivity contribution is 9.10. The Bertz CT molecular complexity index is 2250. The van der Waals surface area contributed by atoms with Crippen LogP contribution in [0.2, 0.25) is 18.6 Å². The highest BCUT2D eigenvalue weighted by Crippen LogP contribution is 2.60. The molecule has 2 saturated heterocycles. The third-order valence-electron chi connectivity index (χ3n) is 12.7. The maximum Gasteiger partial charge on any atom is 0.264 e. The molecule has 6 atom stereocenters. The number of methoxy groups -OCH3 is 1. The number of rotatable bonds is 13. The van der Waals surface area contributed by atoms with Crippen LogP contribution < -0.4 is 25.5 Å². The molecule has 1 spiro atoms. The van der Waals surface area contributed by atoms with Crippen molar-refractivity contribution in [1.29, 1.82) is 0 Å². The van der Waals surface area contributed by atoms with Gasteiger partial charge in [0.15, 0.2) is 5.60 Å². The van der Waals surface area contributed by atoms with E-state index >= 15 is 4.79 Å². The molecule has 302 valence electrons. The fourth-order valence-corrected chi connectivity index (χ4v) is 14.0. The number of fused-ring (bicyclic) bond motifs is 2. The fraction of sp³-hybridized carbons (Fsp3) is 0.378. The van der Waals surface area contributed by atoms with Crippen LogP contribution >= 0.6 is 15.9 Å². The number of aliphatic hydroxyl groups excluding tert-OH is 1. The largest absolute Gasteiger partial charge is 0.497 e. The Morgan fingerprint density at radius 1 is 1.09 bits per heavy atom. The molecule has 3 N–H and O–H groups in total. The van der Waals surface area contributed by atoms with Gasteiger partial charge in [-0.15, -0.1) is 5.10 Å². The molecule has 13 heteroatoms. The van der Waals surface area contributed by atoms with Crippen LogP contribution in [-0.2, 0) is 33.0 Å². The van der Waals surface area contributed by atoms with Gasteiger partial charge in [0.2, 0.25) is 5.91 Å². The molecule has 4 aromatic carbocycles. The summed E-state index contributed by atoms with van der Waals surface area (Å²) in [5.74, 6) is 0.261. The minimum absolute atomic E-state index is 0.0233. The average Bonchev–Trinajstić information content (AvgIpc) is 4.04. The van der Waals surface area contributed by atoms with E-state index < -0.39 is 13.7 Å². The summed E-state index contributed by atoms with van der Waals surface area (Å²) in [5.41, 5.74) is 3.90. The number of nitrogens with zero attached hydrogens (tertiary/aromatic N) is 4. The second kappa shape index (κ2) is 16.5. The van der Waals surface area contributed by atoms with Crippen LogP contribution in [-0.4, -0.2) is 72.4 Å². The van der Waals surface area contributed by atoms with Gasteiger partial charge in [-0.25, -0.2) is 0 Å². The van der Waals surface area contributed by atoms with Crippen molar-refractivity contribution >= 4 is 52.4 Å². The van der Waals surface area contributed by atoms with Crippen molar-refractivity contribution in [3.8, 4) is 5.75 Å². The topological polar surface area (TPSA) is 131 Å². The molecule has 8 rings (SSSR count). The Morgan fingerprint density at radius 2 is 1.84 bits per heavy atom. The number of aliphatic hydroxyl groups is 1. The van der Waals surface area contributed by atoms with Gasteiger partial charge in [0.25, 0.3) is 5.91 Å². The Hall–Kier alpha value is -4.66. The molecule has 4 heterocycles. The number of hydrogen-bond donors (Lipinski definition) is 3. The van der Waals surface area contributed by atoms with E-state index in [0.717, 1.165) is 57.7 Å². The van der Waals surface area contributed by atoms with E-state index in [0.29, 0.717) is 25.2 Å². The van der Waals surface area contributed by atoms with E-state index in [1.165, 1.54) is 5.19 Å². The second-order valence-electron chi connectivity index (χ2n) is 16.4. The molecule has 58 heavy (non-hydrogen) atoms.